The second kappa shape index (κ2) is 7.90. The maximum absolute atomic E-state index is 12.0. The molecule has 120 valence electrons. The summed E-state index contributed by atoms with van der Waals surface area (Å²) in [7, 11) is 0. The van der Waals surface area contributed by atoms with Gasteiger partial charge in [0.1, 0.15) is 6.04 Å². The van der Waals surface area contributed by atoms with E-state index in [9.17, 15) is 9.59 Å². The number of ketones is 1. The van der Waals surface area contributed by atoms with Crippen LogP contribution in [0, 0.1) is 0 Å². The van der Waals surface area contributed by atoms with Gasteiger partial charge in [-0.05, 0) is 50.2 Å². The Hall–Kier alpha value is -2.17. The van der Waals surface area contributed by atoms with Crippen molar-refractivity contribution in [1.29, 1.82) is 0 Å². The number of nitrogens with two attached hydrogens (primary N) is 1. The zero-order valence-electron chi connectivity index (χ0n) is 13.2. The molecule has 0 fully saturated rings. The van der Waals surface area contributed by atoms with E-state index in [1.54, 1.807) is 24.3 Å². The van der Waals surface area contributed by atoms with Crippen molar-refractivity contribution in [2.45, 2.75) is 19.9 Å². The molecule has 0 aliphatic carbocycles. The van der Waals surface area contributed by atoms with Gasteiger partial charge in [0.15, 0.2) is 12.3 Å². The second-order valence-electron chi connectivity index (χ2n) is 5.46. The number of hydrogen-bond donors (Lipinski definition) is 2. The molecule has 2 rings (SSSR count). The molecular formula is C18H20ClN2O2+. The van der Waals surface area contributed by atoms with E-state index in [1.807, 2.05) is 36.5 Å². The van der Waals surface area contributed by atoms with Crippen LogP contribution in [0.2, 0.25) is 5.02 Å². The number of halogens is 1. The van der Waals surface area contributed by atoms with Crippen molar-refractivity contribution in [2.75, 3.05) is 11.9 Å². The standard InChI is InChI=1S/C18H19ClN2O2/c1-12(14-3-7-16(19)8-4-14)20-11-18(23)21-17-9-5-15(6-10-17)13(2)22/h3-10,12,20H,11H2,1-2H3,(H,21,23)/p+1/t12-/m1/s1. The van der Waals surface area contributed by atoms with Crippen LogP contribution in [0.4, 0.5) is 5.69 Å². The maximum Gasteiger partial charge on any atom is 0.279 e. The molecule has 3 N–H and O–H groups in total. The minimum absolute atomic E-state index is 0.00741. The number of anilines is 1. The Kier molecular flexibility index (Phi) is 5.90. The average molecular weight is 332 g/mol. The summed E-state index contributed by atoms with van der Waals surface area (Å²) < 4.78 is 0. The highest BCUT2D eigenvalue weighted by molar-refractivity contribution is 6.30. The van der Waals surface area contributed by atoms with E-state index in [2.05, 4.69) is 5.32 Å². The Bertz CT molecular complexity index is 681. The number of carbonyl (C=O) groups excluding carboxylic acids is 2. The van der Waals surface area contributed by atoms with Crippen molar-refractivity contribution >= 4 is 29.0 Å². The molecule has 5 heteroatoms. The lowest BCUT2D eigenvalue weighted by Gasteiger charge is -2.11. The summed E-state index contributed by atoms with van der Waals surface area (Å²) >= 11 is 5.87. The molecule has 0 unspecified atom stereocenters. The minimum Gasteiger partial charge on any atom is -0.333 e. The van der Waals surface area contributed by atoms with Gasteiger partial charge in [0, 0.05) is 21.8 Å². The summed E-state index contributed by atoms with van der Waals surface area (Å²) in [5.41, 5.74) is 2.44. The van der Waals surface area contributed by atoms with Crippen molar-refractivity contribution in [3.8, 4) is 0 Å². The van der Waals surface area contributed by atoms with Crippen LogP contribution >= 0.6 is 11.6 Å². The number of amides is 1. The Morgan fingerprint density at radius 2 is 1.70 bits per heavy atom. The highest BCUT2D eigenvalue weighted by Crippen LogP contribution is 2.13. The zero-order valence-corrected chi connectivity index (χ0v) is 13.9. The minimum atomic E-state index is -0.0820. The number of Topliss-reactive ketones (excluding diaryl/α,β-unsaturated/α-hetero) is 1. The predicted octanol–water partition coefficient (Wildman–Crippen LogP) is 2.81. The quantitative estimate of drug-likeness (QED) is 0.799. The van der Waals surface area contributed by atoms with Gasteiger partial charge in [-0.2, -0.15) is 0 Å². The molecule has 1 atom stereocenters. The molecule has 2 aromatic rings. The van der Waals surface area contributed by atoms with Crippen LogP contribution in [-0.4, -0.2) is 18.2 Å². The number of nitrogens with one attached hydrogen (secondary N) is 1. The van der Waals surface area contributed by atoms with E-state index in [1.165, 1.54) is 6.92 Å². The first kappa shape index (κ1) is 17.2. The molecule has 0 saturated heterocycles. The third-order valence-electron chi connectivity index (χ3n) is 3.63. The molecule has 1 amide bonds. The summed E-state index contributed by atoms with van der Waals surface area (Å²) in [4.78, 5) is 23.2. The summed E-state index contributed by atoms with van der Waals surface area (Å²) in [6, 6.07) is 14.7. The van der Waals surface area contributed by atoms with Crippen LogP contribution in [0.3, 0.4) is 0 Å². The monoisotopic (exact) mass is 331 g/mol. The average Bonchev–Trinajstić information content (AvgIpc) is 2.54. The highest BCUT2D eigenvalue weighted by Gasteiger charge is 2.11. The van der Waals surface area contributed by atoms with Gasteiger partial charge in [-0.3, -0.25) is 9.59 Å². The van der Waals surface area contributed by atoms with E-state index in [-0.39, 0.29) is 17.7 Å². The largest absolute Gasteiger partial charge is 0.333 e. The second-order valence-corrected chi connectivity index (χ2v) is 5.90. The predicted molar refractivity (Wildman–Crippen MR) is 91.7 cm³/mol. The SMILES string of the molecule is CC(=O)c1ccc(NC(=O)C[NH2+][C@H](C)c2ccc(Cl)cc2)cc1. The molecule has 23 heavy (non-hydrogen) atoms. The van der Waals surface area contributed by atoms with Crippen LogP contribution in [0.5, 0.6) is 0 Å². The van der Waals surface area contributed by atoms with Crippen LogP contribution in [0.1, 0.15) is 35.8 Å². The summed E-state index contributed by atoms with van der Waals surface area (Å²) in [5.74, 6) is -0.0746. The van der Waals surface area contributed by atoms with Crippen LogP contribution in [0.15, 0.2) is 48.5 Å². The topological polar surface area (TPSA) is 62.8 Å². The Balaban J connectivity index is 1.84. The van der Waals surface area contributed by atoms with Gasteiger partial charge >= 0.3 is 0 Å². The van der Waals surface area contributed by atoms with Crippen molar-refractivity contribution in [1.82, 2.24) is 0 Å². The van der Waals surface area contributed by atoms with Gasteiger partial charge < -0.3 is 10.6 Å². The number of rotatable bonds is 6. The van der Waals surface area contributed by atoms with Gasteiger partial charge in [0.2, 0.25) is 0 Å². The number of benzene rings is 2. The summed E-state index contributed by atoms with van der Waals surface area (Å²) in [6.45, 7) is 3.87. The van der Waals surface area contributed by atoms with E-state index in [0.717, 1.165) is 5.56 Å². The smallest absolute Gasteiger partial charge is 0.279 e. The van der Waals surface area contributed by atoms with Gasteiger partial charge in [0.05, 0.1) is 0 Å². The summed E-state index contributed by atoms with van der Waals surface area (Å²) in [5, 5.41) is 5.48. The fourth-order valence-corrected chi connectivity index (χ4v) is 2.31. The van der Waals surface area contributed by atoms with Gasteiger partial charge in [-0.15, -0.1) is 0 Å². The van der Waals surface area contributed by atoms with E-state index >= 15 is 0 Å². The maximum atomic E-state index is 12.0. The molecule has 0 radical (unpaired) electrons. The molecule has 4 nitrogen and oxygen atoms in total. The lowest BCUT2D eigenvalue weighted by molar-refractivity contribution is -0.682. The van der Waals surface area contributed by atoms with Gasteiger partial charge in [-0.25, -0.2) is 0 Å². The molecule has 0 bridgehead atoms. The highest BCUT2D eigenvalue weighted by atomic mass is 35.5. The van der Waals surface area contributed by atoms with Crippen LogP contribution in [-0.2, 0) is 4.79 Å². The first-order valence-corrected chi connectivity index (χ1v) is 7.83. The molecule has 0 heterocycles. The molecule has 0 saturated carbocycles. The van der Waals surface area contributed by atoms with E-state index in [4.69, 9.17) is 11.6 Å². The van der Waals surface area contributed by atoms with Crippen molar-refractivity contribution in [2.24, 2.45) is 0 Å². The molecule has 2 aromatic carbocycles. The molecular weight excluding hydrogens is 312 g/mol. The first-order valence-electron chi connectivity index (χ1n) is 7.45. The normalized spacial score (nSPS) is 11.8. The van der Waals surface area contributed by atoms with Crippen molar-refractivity contribution in [3.05, 3.63) is 64.7 Å². The van der Waals surface area contributed by atoms with E-state index in [0.29, 0.717) is 22.8 Å². The molecule has 0 aromatic heterocycles. The molecule has 0 spiro atoms. The fourth-order valence-electron chi connectivity index (χ4n) is 2.19. The van der Waals surface area contributed by atoms with Crippen LogP contribution in [0.25, 0.3) is 0 Å². The third kappa shape index (κ3) is 5.20. The summed E-state index contributed by atoms with van der Waals surface area (Å²) in [6.07, 6.45) is 0. The Morgan fingerprint density at radius 1 is 1.09 bits per heavy atom. The number of quaternary nitrogens is 1. The number of carbonyl (C=O) groups is 2. The first-order chi connectivity index (χ1) is 11.0. The lowest BCUT2D eigenvalue weighted by atomic mass is 10.1. The van der Waals surface area contributed by atoms with Gasteiger partial charge in [-0.1, -0.05) is 23.7 Å². The fraction of sp³-hybridized carbons (Fsp3) is 0.222. The Morgan fingerprint density at radius 3 is 2.26 bits per heavy atom. The van der Waals surface area contributed by atoms with E-state index < -0.39 is 0 Å². The zero-order chi connectivity index (χ0) is 16.8. The van der Waals surface area contributed by atoms with Crippen LogP contribution < -0.4 is 10.6 Å². The molecule has 0 aliphatic heterocycles. The van der Waals surface area contributed by atoms with Crippen molar-refractivity contribution in [3.63, 3.8) is 0 Å². The Labute approximate surface area is 140 Å². The lowest BCUT2D eigenvalue weighted by Crippen LogP contribution is -2.86. The van der Waals surface area contributed by atoms with Gasteiger partial charge in [0.25, 0.3) is 5.91 Å². The third-order valence-corrected chi connectivity index (χ3v) is 3.88. The number of hydrogen-bond acceptors (Lipinski definition) is 2. The molecule has 0 aliphatic rings. The van der Waals surface area contributed by atoms with Crippen molar-refractivity contribution < 1.29 is 14.9 Å².